The molecule has 0 bridgehead atoms. The summed E-state index contributed by atoms with van der Waals surface area (Å²) in [4.78, 5) is 13.0. The van der Waals surface area contributed by atoms with Crippen LogP contribution >= 0.6 is 0 Å². The summed E-state index contributed by atoms with van der Waals surface area (Å²) >= 11 is 0. The third-order valence-corrected chi connectivity index (χ3v) is 3.61. The van der Waals surface area contributed by atoms with Crippen LogP contribution in [0.25, 0.3) is 0 Å². The van der Waals surface area contributed by atoms with E-state index in [1.54, 1.807) is 0 Å². The highest BCUT2D eigenvalue weighted by atomic mass is 16.4. The van der Waals surface area contributed by atoms with Crippen molar-refractivity contribution in [2.45, 2.75) is 39.7 Å². The summed E-state index contributed by atoms with van der Waals surface area (Å²) < 4.78 is 0. The zero-order valence-corrected chi connectivity index (χ0v) is 11.4. The first-order valence-corrected chi connectivity index (χ1v) is 6.43. The smallest absolute Gasteiger partial charge is 0.404 e. The minimum absolute atomic E-state index is 0.0285. The van der Waals surface area contributed by atoms with Gasteiger partial charge >= 0.3 is 6.09 Å². The molecule has 0 aromatic heterocycles. The second kappa shape index (κ2) is 6.05. The van der Waals surface area contributed by atoms with E-state index in [9.17, 15) is 4.79 Å². The van der Waals surface area contributed by atoms with Crippen LogP contribution in [-0.2, 0) is 0 Å². The molecule has 1 amide bonds. The van der Waals surface area contributed by atoms with E-state index in [1.807, 2.05) is 0 Å². The van der Waals surface area contributed by atoms with E-state index in [-0.39, 0.29) is 11.5 Å². The van der Waals surface area contributed by atoms with Crippen molar-refractivity contribution >= 4 is 6.09 Å². The van der Waals surface area contributed by atoms with Gasteiger partial charge in [-0.25, -0.2) is 4.79 Å². The Morgan fingerprint density at radius 3 is 2.44 bits per heavy atom. The normalized spacial score (nSPS) is 20.1. The zero-order valence-electron chi connectivity index (χ0n) is 11.4. The van der Waals surface area contributed by atoms with Crippen molar-refractivity contribution in [3.05, 3.63) is 0 Å². The molecule has 1 unspecified atom stereocenters. The number of carboxylic acid groups (broad SMARTS) is 1. The maximum atomic E-state index is 10.9. The van der Waals surface area contributed by atoms with Crippen LogP contribution in [0.2, 0.25) is 0 Å². The number of hydrogen-bond donors (Lipinski definition) is 2. The fraction of sp³-hybridized carbons (Fsp3) is 0.846. The summed E-state index contributed by atoms with van der Waals surface area (Å²) in [7, 11) is 0. The third kappa shape index (κ3) is 4.19. The number of rotatable bonds is 3. The first-order valence-electron chi connectivity index (χ1n) is 6.43. The van der Waals surface area contributed by atoms with Crippen LogP contribution in [0, 0.1) is 22.7 Å². The van der Waals surface area contributed by atoms with Gasteiger partial charge in [0.15, 0.2) is 0 Å². The van der Waals surface area contributed by atoms with Crippen molar-refractivity contribution in [1.29, 1.82) is 5.26 Å². The highest BCUT2D eigenvalue weighted by Crippen LogP contribution is 2.31. The van der Waals surface area contributed by atoms with E-state index >= 15 is 0 Å². The quantitative estimate of drug-likeness (QED) is 0.753. The predicted octanol–water partition coefficient (Wildman–Crippen LogP) is 1.90. The van der Waals surface area contributed by atoms with Crippen molar-refractivity contribution in [1.82, 2.24) is 10.2 Å². The van der Waals surface area contributed by atoms with Crippen LogP contribution in [0.1, 0.15) is 33.6 Å². The first kappa shape index (κ1) is 14.8. The SMILES string of the molecule is CC(C)(C)C(NC(=O)O)C1CCN(CC#N)CC1. The Bertz CT molecular complexity index is 322. The Hall–Kier alpha value is -1.28. The summed E-state index contributed by atoms with van der Waals surface area (Å²) in [5, 5.41) is 20.3. The summed E-state index contributed by atoms with van der Waals surface area (Å²) in [6.07, 6.45) is 0.947. The number of nitrogens with one attached hydrogen (secondary N) is 1. The van der Waals surface area contributed by atoms with Crippen molar-refractivity contribution in [2.24, 2.45) is 11.3 Å². The second-order valence-corrected chi connectivity index (χ2v) is 6.06. The third-order valence-electron chi connectivity index (χ3n) is 3.61. The summed E-state index contributed by atoms with van der Waals surface area (Å²) in [6, 6.07) is 2.13. The number of carbonyl (C=O) groups is 1. The molecule has 0 aromatic rings. The summed E-state index contributed by atoms with van der Waals surface area (Å²) in [5.41, 5.74) is -0.0829. The molecule has 18 heavy (non-hydrogen) atoms. The van der Waals surface area contributed by atoms with Crippen LogP contribution in [0.5, 0.6) is 0 Å². The topological polar surface area (TPSA) is 76.4 Å². The lowest BCUT2D eigenvalue weighted by molar-refractivity contribution is 0.110. The zero-order chi connectivity index (χ0) is 13.8. The molecule has 0 aromatic carbocycles. The number of piperidine rings is 1. The van der Waals surface area contributed by atoms with E-state index < -0.39 is 6.09 Å². The fourth-order valence-electron chi connectivity index (χ4n) is 2.72. The van der Waals surface area contributed by atoms with Crippen LogP contribution < -0.4 is 5.32 Å². The van der Waals surface area contributed by atoms with Gasteiger partial charge in [-0.05, 0) is 37.3 Å². The van der Waals surface area contributed by atoms with Crippen molar-refractivity contribution in [2.75, 3.05) is 19.6 Å². The first-order chi connectivity index (χ1) is 8.34. The van der Waals surface area contributed by atoms with Crippen LogP contribution in [-0.4, -0.2) is 41.8 Å². The lowest BCUT2D eigenvalue weighted by Crippen LogP contribution is -2.51. The minimum atomic E-state index is -0.950. The molecule has 1 aliphatic heterocycles. The largest absolute Gasteiger partial charge is 0.465 e. The van der Waals surface area contributed by atoms with Crippen molar-refractivity contribution in [3.8, 4) is 6.07 Å². The van der Waals surface area contributed by atoms with Gasteiger partial charge in [0.05, 0.1) is 12.6 Å². The van der Waals surface area contributed by atoms with Gasteiger partial charge in [-0.3, -0.25) is 4.90 Å². The molecule has 5 heteroatoms. The monoisotopic (exact) mass is 253 g/mol. The van der Waals surface area contributed by atoms with Crippen molar-refractivity contribution in [3.63, 3.8) is 0 Å². The van der Waals surface area contributed by atoms with Crippen LogP contribution in [0.3, 0.4) is 0 Å². The molecule has 1 heterocycles. The average molecular weight is 253 g/mol. The molecular weight excluding hydrogens is 230 g/mol. The molecule has 1 aliphatic rings. The standard InChI is InChI=1S/C13H23N3O2/c1-13(2,3)11(15-12(17)18)10-4-7-16(8-5-10)9-6-14/h10-11,15H,4-5,7-9H2,1-3H3,(H,17,18). The number of hydrogen-bond acceptors (Lipinski definition) is 3. The number of amides is 1. The fourth-order valence-corrected chi connectivity index (χ4v) is 2.72. The van der Waals surface area contributed by atoms with Gasteiger partial charge in [-0.1, -0.05) is 20.8 Å². The van der Waals surface area contributed by atoms with E-state index in [4.69, 9.17) is 10.4 Å². The van der Waals surface area contributed by atoms with Crippen molar-refractivity contribution < 1.29 is 9.90 Å². The molecule has 2 N–H and O–H groups in total. The molecule has 102 valence electrons. The minimum Gasteiger partial charge on any atom is -0.465 e. The lowest BCUT2D eigenvalue weighted by atomic mass is 9.75. The van der Waals surface area contributed by atoms with Crippen LogP contribution in [0.15, 0.2) is 0 Å². The molecule has 5 nitrogen and oxygen atoms in total. The maximum absolute atomic E-state index is 10.9. The number of nitrogens with zero attached hydrogens (tertiary/aromatic N) is 2. The van der Waals surface area contributed by atoms with Gasteiger partial charge in [0, 0.05) is 6.04 Å². The Morgan fingerprint density at radius 2 is 2.06 bits per heavy atom. The molecule has 1 saturated heterocycles. The van der Waals surface area contributed by atoms with Gasteiger partial charge in [0.2, 0.25) is 0 Å². The van der Waals surface area contributed by atoms with E-state index in [1.165, 1.54) is 0 Å². The van der Waals surface area contributed by atoms with Gasteiger partial charge in [0.1, 0.15) is 0 Å². The lowest BCUT2D eigenvalue weighted by Gasteiger charge is -2.41. The van der Waals surface area contributed by atoms with Gasteiger partial charge < -0.3 is 10.4 Å². The average Bonchev–Trinajstić information content (AvgIpc) is 2.26. The van der Waals surface area contributed by atoms with E-state index in [0.717, 1.165) is 25.9 Å². The van der Waals surface area contributed by atoms with E-state index in [2.05, 4.69) is 37.1 Å². The summed E-state index contributed by atoms with van der Waals surface area (Å²) in [5.74, 6) is 0.357. The van der Waals surface area contributed by atoms with Crippen LogP contribution in [0.4, 0.5) is 4.79 Å². The molecule has 0 saturated carbocycles. The van der Waals surface area contributed by atoms with Gasteiger partial charge in [0.25, 0.3) is 0 Å². The number of likely N-dealkylation sites (tertiary alicyclic amines) is 1. The predicted molar refractivity (Wildman–Crippen MR) is 69.2 cm³/mol. The Balaban J connectivity index is 2.61. The highest BCUT2D eigenvalue weighted by Gasteiger charge is 2.35. The molecular formula is C13H23N3O2. The molecule has 0 aliphatic carbocycles. The molecule has 1 rings (SSSR count). The summed E-state index contributed by atoms with van der Waals surface area (Å²) in [6.45, 7) is 8.43. The molecule has 0 spiro atoms. The Morgan fingerprint density at radius 1 is 1.50 bits per heavy atom. The molecule has 1 atom stereocenters. The van der Waals surface area contributed by atoms with Gasteiger partial charge in [-0.15, -0.1) is 0 Å². The highest BCUT2D eigenvalue weighted by molar-refractivity contribution is 5.65. The maximum Gasteiger partial charge on any atom is 0.404 e. The molecule has 1 fully saturated rings. The number of nitriles is 1. The van der Waals surface area contributed by atoms with Gasteiger partial charge in [-0.2, -0.15) is 5.26 Å². The van der Waals surface area contributed by atoms with E-state index in [0.29, 0.717) is 12.5 Å². The Kier molecular flexibility index (Phi) is 4.97. The molecule has 0 radical (unpaired) electrons. The Labute approximate surface area is 109 Å². The second-order valence-electron chi connectivity index (χ2n) is 6.06.